The highest BCUT2D eigenvalue weighted by atomic mass is 35.5. The number of nitrogens with zero attached hydrogens (tertiary/aromatic N) is 1. The van der Waals surface area contributed by atoms with Crippen LogP contribution in [-0.2, 0) is 14.8 Å². The highest BCUT2D eigenvalue weighted by Gasteiger charge is 2.16. The Morgan fingerprint density at radius 3 is 2.52 bits per heavy atom. The van der Waals surface area contributed by atoms with Crippen molar-refractivity contribution in [2.45, 2.75) is 11.8 Å². The third kappa shape index (κ3) is 4.33. The Kier molecular flexibility index (Phi) is 5.07. The highest BCUT2D eigenvalue weighted by molar-refractivity contribution is 7.92. The van der Waals surface area contributed by atoms with Crippen LogP contribution in [0, 0.1) is 0 Å². The molecule has 2 N–H and O–H groups in total. The Hall–Kier alpha value is -2.32. The maximum atomic E-state index is 12.3. The molecule has 122 valence electrons. The predicted molar refractivity (Wildman–Crippen MR) is 87.4 cm³/mol. The van der Waals surface area contributed by atoms with E-state index in [4.69, 9.17) is 16.3 Å². The molecule has 0 aliphatic rings. The number of carbonyl (C=O) groups is 1. The number of nitrogens with one attached hydrogen (secondary N) is 2. The summed E-state index contributed by atoms with van der Waals surface area (Å²) in [4.78, 5) is 14.9. The van der Waals surface area contributed by atoms with Gasteiger partial charge < -0.3 is 10.1 Å². The molecule has 1 aromatic carbocycles. The summed E-state index contributed by atoms with van der Waals surface area (Å²) in [6, 6.07) is 7.08. The summed E-state index contributed by atoms with van der Waals surface area (Å²) in [5, 5.41) is 2.63. The number of amides is 1. The van der Waals surface area contributed by atoms with E-state index in [0.29, 0.717) is 11.6 Å². The number of ether oxygens (including phenoxy) is 1. The summed E-state index contributed by atoms with van der Waals surface area (Å²) < 4.78 is 31.9. The molecule has 0 aliphatic heterocycles. The van der Waals surface area contributed by atoms with Gasteiger partial charge in [0.05, 0.1) is 34.6 Å². The lowest BCUT2D eigenvalue weighted by Gasteiger charge is -2.10. The van der Waals surface area contributed by atoms with Crippen LogP contribution in [0.4, 0.5) is 11.4 Å². The second-order valence-corrected chi connectivity index (χ2v) is 6.61. The van der Waals surface area contributed by atoms with Crippen LogP contribution in [0.25, 0.3) is 0 Å². The lowest BCUT2D eigenvalue weighted by atomic mass is 10.3. The first-order valence-electron chi connectivity index (χ1n) is 6.42. The van der Waals surface area contributed by atoms with Gasteiger partial charge >= 0.3 is 0 Å². The minimum atomic E-state index is -3.83. The Labute approximate surface area is 138 Å². The molecule has 0 aliphatic carbocycles. The summed E-state index contributed by atoms with van der Waals surface area (Å²) in [6.45, 7) is 1.33. The number of hydrogen-bond acceptors (Lipinski definition) is 5. The number of aromatic nitrogens is 1. The number of hydrogen-bond donors (Lipinski definition) is 2. The fourth-order valence-electron chi connectivity index (χ4n) is 1.73. The summed E-state index contributed by atoms with van der Waals surface area (Å²) in [5.41, 5.74) is 0.622. The Morgan fingerprint density at radius 1 is 1.26 bits per heavy atom. The zero-order valence-electron chi connectivity index (χ0n) is 12.3. The fourth-order valence-corrected chi connectivity index (χ4v) is 3.09. The summed E-state index contributed by atoms with van der Waals surface area (Å²) in [6.07, 6.45) is 1.34. The molecule has 2 rings (SSSR count). The Balaban J connectivity index is 2.24. The number of benzene rings is 1. The van der Waals surface area contributed by atoms with Crippen molar-refractivity contribution < 1.29 is 17.9 Å². The van der Waals surface area contributed by atoms with Gasteiger partial charge in [0.2, 0.25) is 11.8 Å². The number of anilines is 2. The Morgan fingerprint density at radius 2 is 2.00 bits per heavy atom. The van der Waals surface area contributed by atoms with Gasteiger partial charge in [0.15, 0.2) is 0 Å². The van der Waals surface area contributed by atoms with E-state index in [2.05, 4.69) is 15.0 Å². The van der Waals surface area contributed by atoms with Gasteiger partial charge in [-0.2, -0.15) is 0 Å². The number of rotatable bonds is 5. The average Bonchev–Trinajstić information content (AvgIpc) is 2.49. The molecule has 9 heteroatoms. The van der Waals surface area contributed by atoms with E-state index in [1.807, 2.05) is 0 Å². The molecule has 0 bridgehead atoms. The molecule has 7 nitrogen and oxygen atoms in total. The SMILES string of the molecule is COc1ccc(NS(=O)(=O)c2ccc(NC(C)=O)c(Cl)c2)cn1. The second kappa shape index (κ2) is 6.84. The van der Waals surface area contributed by atoms with E-state index in [1.165, 1.54) is 50.6 Å². The van der Waals surface area contributed by atoms with E-state index in [9.17, 15) is 13.2 Å². The topological polar surface area (TPSA) is 97.4 Å². The van der Waals surface area contributed by atoms with Crippen LogP contribution in [0.3, 0.4) is 0 Å². The van der Waals surface area contributed by atoms with E-state index in [1.54, 1.807) is 0 Å². The molecule has 0 saturated carbocycles. The van der Waals surface area contributed by atoms with Crippen molar-refractivity contribution in [2.24, 2.45) is 0 Å². The van der Waals surface area contributed by atoms with E-state index in [0.717, 1.165) is 0 Å². The van der Waals surface area contributed by atoms with Gasteiger partial charge in [-0.25, -0.2) is 13.4 Å². The zero-order valence-corrected chi connectivity index (χ0v) is 13.9. The van der Waals surface area contributed by atoms with Gasteiger partial charge in [0, 0.05) is 13.0 Å². The standard InChI is InChI=1S/C14H14ClN3O4S/c1-9(19)17-13-5-4-11(7-12(13)15)23(20,21)18-10-3-6-14(22-2)16-8-10/h3-8,18H,1-2H3,(H,17,19). The molecule has 0 unspecified atom stereocenters. The van der Waals surface area contributed by atoms with Crippen molar-refractivity contribution in [3.63, 3.8) is 0 Å². The van der Waals surface area contributed by atoms with Crippen molar-refractivity contribution >= 4 is 38.9 Å². The smallest absolute Gasteiger partial charge is 0.261 e. The number of carbonyl (C=O) groups excluding carboxylic acids is 1. The third-order valence-corrected chi connectivity index (χ3v) is 4.45. The number of methoxy groups -OCH3 is 1. The maximum absolute atomic E-state index is 12.3. The minimum absolute atomic E-state index is 0.0348. The van der Waals surface area contributed by atoms with Gasteiger partial charge in [-0.15, -0.1) is 0 Å². The largest absolute Gasteiger partial charge is 0.481 e. The van der Waals surface area contributed by atoms with Crippen LogP contribution in [-0.4, -0.2) is 26.4 Å². The fraction of sp³-hybridized carbons (Fsp3) is 0.143. The van der Waals surface area contributed by atoms with Crippen LogP contribution >= 0.6 is 11.6 Å². The molecule has 2 aromatic rings. The first kappa shape index (κ1) is 17.0. The monoisotopic (exact) mass is 355 g/mol. The zero-order chi connectivity index (χ0) is 17.0. The molecule has 0 radical (unpaired) electrons. The first-order valence-corrected chi connectivity index (χ1v) is 8.28. The van der Waals surface area contributed by atoms with Crippen LogP contribution in [0.5, 0.6) is 5.88 Å². The third-order valence-electron chi connectivity index (χ3n) is 2.76. The molecule has 23 heavy (non-hydrogen) atoms. The number of halogens is 1. The lowest BCUT2D eigenvalue weighted by molar-refractivity contribution is -0.114. The normalized spacial score (nSPS) is 10.9. The van der Waals surface area contributed by atoms with Gasteiger partial charge in [-0.3, -0.25) is 9.52 Å². The van der Waals surface area contributed by atoms with Crippen LogP contribution in [0.15, 0.2) is 41.4 Å². The molecular weight excluding hydrogens is 342 g/mol. The quantitative estimate of drug-likeness (QED) is 0.858. The summed E-state index contributed by atoms with van der Waals surface area (Å²) in [7, 11) is -2.37. The van der Waals surface area contributed by atoms with Crippen LogP contribution < -0.4 is 14.8 Å². The second-order valence-electron chi connectivity index (χ2n) is 4.52. The molecule has 1 heterocycles. The van der Waals surface area contributed by atoms with E-state index >= 15 is 0 Å². The van der Waals surface area contributed by atoms with Crippen LogP contribution in [0.1, 0.15) is 6.92 Å². The van der Waals surface area contributed by atoms with Crippen molar-refractivity contribution in [1.29, 1.82) is 0 Å². The number of sulfonamides is 1. The van der Waals surface area contributed by atoms with Gasteiger partial charge in [0.1, 0.15) is 0 Å². The summed E-state index contributed by atoms with van der Waals surface area (Å²) >= 11 is 5.99. The predicted octanol–water partition coefficient (Wildman–Crippen LogP) is 2.50. The molecule has 0 fully saturated rings. The van der Waals surface area contributed by atoms with Crippen molar-refractivity contribution in [1.82, 2.24) is 4.98 Å². The highest BCUT2D eigenvalue weighted by Crippen LogP contribution is 2.26. The van der Waals surface area contributed by atoms with Gasteiger partial charge in [-0.05, 0) is 24.3 Å². The molecular formula is C14H14ClN3O4S. The van der Waals surface area contributed by atoms with Crippen molar-refractivity contribution in [2.75, 3.05) is 17.1 Å². The number of pyridine rings is 1. The first-order chi connectivity index (χ1) is 10.8. The molecule has 0 atom stereocenters. The minimum Gasteiger partial charge on any atom is -0.481 e. The molecule has 0 saturated heterocycles. The van der Waals surface area contributed by atoms with E-state index in [-0.39, 0.29) is 21.5 Å². The summed E-state index contributed by atoms with van der Waals surface area (Å²) in [5.74, 6) is 0.0700. The van der Waals surface area contributed by atoms with Crippen LogP contribution in [0.2, 0.25) is 5.02 Å². The van der Waals surface area contributed by atoms with E-state index < -0.39 is 10.0 Å². The molecule has 1 aromatic heterocycles. The lowest BCUT2D eigenvalue weighted by Crippen LogP contribution is -2.13. The molecule has 1 amide bonds. The van der Waals surface area contributed by atoms with Crippen molar-refractivity contribution in [3.8, 4) is 5.88 Å². The van der Waals surface area contributed by atoms with Gasteiger partial charge in [-0.1, -0.05) is 11.6 Å². The average molecular weight is 356 g/mol. The molecule has 0 spiro atoms. The maximum Gasteiger partial charge on any atom is 0.261 e. The Bertz CT molecular complexity index is 822. The van der Waals surface area contributed by atoms with Gasteiger partial charge in [0.25, 0.3) is 10.0 Å². The van der Waals surface area contributed by atoms with Crippen molar-refractivity contribution in [3.05, 3.63) is 41.6 Å².